The van der Waals surface area contributed by atoms with Gasteiger partial charge in [-0.2, -0.15) is 0 Å². The lowest BCUT2D eigenvalue weighted by Gasteiger charge is -2.35. The van der Waals surface area contributed by atoms with Gasteiger partial charge in [0, 0.05) is 10.5 Å². The fourth-order valence-corrected chi connectivity index (χ4v) is 6.93. The Balaban J connectivity index is 2.31. The minimum Gasteiger partial charge on any atom is -0.454 e. The lowest BCUT2D eigenvalue weighted by atomic mass is 10.1. The molecule has 29 heavy (non-hydrogen) atoms. The molecule has 0 aliphatic carbocycles. The van der Waals surface area contributed by atoms with Crippen molar-refractivity contribution in [3.63, 3.8) is 0 Å². The van der Waals surface area contributed by atoms with Gasteiger partial charge in [0.2, 0.25) is 6.54 Å². The zero-order valence-electron chi connectivity index (χ0n) is 17.6. The molecule has 0 atom stereocenters. The van der Waals surface area contributed by atoms with Crippen LogP contribution < -0.4 is 0 Å². The van der Waals surface area contributed by atoms with E-state index in [1.165, 1.54) is 0 Å². The van der Waals surface area contributed by atoms with Gasteiger partial charge in [-0.3, -0.25) is 10.1 Å². The number of nitro groups is 1. The van der Waals surface area contributed by atoms with Gasteiger partial charge >= 0.3 is 0 Å². The maximum atomic E-state index is 11.2. The maximum absolute atomic E-state index is 11.2. The highest BCUT2D eigenvalue weighted by atomic mass is 28.4. The predicted molar refractivity (Wildman–Crippen MR) is 122 cm³/mol. The van der Waals surface area contributed by atoms with Crippen molar-refractivity contribution in [3.05, 3.63) is 88.0 Å². The molecule has 0 spiro atoms. The minimum atomic E-state index is -2.35. The fourth-order valence-electron chi connectivity index (χ4n) is 3.40. The molecule has 2 aromatic carbocycles. The third-order valence-electron chi connectivity index (χ3n) is 5.21. The van der Waals surface area contributed by atoms with Gasteiger partial charge in [-0.05, 0) is 22.7 Å². The van der Waals surface area contributed by atoms with Crippen molar-refractivity contribution in [2.24, 2.45) is 5.16 Å². The van der Waals surface area contributed by atoms with Crippen LogP contribution in [0.15, 0.2) is 71.9 Å². The SMILES string of the molecule is CC(C)[Si](C/C=C\c1ccccc1)(O/N=C(\C[N+](=O)[O-])c1ccccc1)C(C)C. The van der Waals surface area contributed by atoms with Crippen LogP contribution in [0, 0.1) is 10.1 Å². The Morgan fingerprint density at radius 3 is 2.10 bits per heavy atom. The minimum absolute atomic E-state index is 0.305. The molecule has 0 amide bonds. The van der Waals surface area contributed by atoms with Crippen LogP contribution >= 0.6 is 0 Å². The number of hydrogen-bond acceptors (Lipinski definition) is 4. The van der Waals surface area contributed by atoms with Crippen LogP contribution in [0.25, 0.3) is 6.08 Å². The van der Waals surface area contributed by atoms with E-state index in [1.807, 2.05) is 48.5 Å². The van der Waals surface area contributed by atoms with E-state index in [0.29, 0.717) is 16.8 Å². The first kappa shape index (κ1) is 22.6. The van der Waals surface area contributed by atoms with Crippen LogP contribution in [-0.4, -0.2) is 25.5 Å². The quantitative estimate of drug-likeness (QED) is 0.204. The predicted octanol–water partition coefficient (Wildman–Crippen LogP) is 6.16. The summed E-state index contributed by atoms with van der Waals surface area (Å²) in [5.74, 6) is 0. The summed E-state index contributed by atoms with van der Waals surface area (Å²) in [5.41, 5.74) is 2.84. The number of rotatable bonds is 10. The molecule has 6 heteroatoms. The molecule has 0 saturated heterocycles. The van der Waals surface area contributed by atoms with Crippen LogP contribution in [0.4, 0.5) is 0 Å². The lowest BCUT2D eigenvalue weighted by molar-refractivity contribution is -0.463. The van der Waals surface area contributed by atoms with Gasteiger partial charge in [-0.15, -0.1) is 0 Å². The summed E-state index contributed by atoms with van der Waals surface area (Å²) in [6.07, 6.45) is 4.27. The van der Waals surface area contributed by atoms with Gasteiger partial charge in [0.1, 0.15) is 0 Å². The van der Waals surface area contributed by atoms with Gasteiger partial charge in [0.15, 0.2) is 5.71 Å². The van der Waals surface area contributed by atoms with Crippen molar-refractivity contribution in [2.45, 2.75) is 44.8 Å². The molecule has 2 rings (SSSR count). The summed E-state index contributed by atoms with van der Waals surface area (Å²) >= 11 is 0. The summed E-state index contributed by atoms with van der Waals surface area (Å²) in [7, 11) is -2.35. The smallest absolute Gasteiger partial charge is 0.296 e. The van der Waals surface area contributed by atoms with E-state index < -0.39 is 8.32 Å². The zero-order chi connectivity index (χ0) is 21.3. The van der Waals surface area contributed by atoms with E-state index in [0.717, 1.165) is 17.2 Å². The van der Waals surface area contributed by atoms with Crippen LogP contribution in [-0.2, 0) is 4.53 Å². The summed E-state index contributed by atoms with van der Waals surface area (Å²) in [5, 5.41) is 15.6. The van der Waals surface area contributed by atoms with E-state index in [4.69, 9.17) is 4.53 Å². The molecular weight excluding hydrogens is 380 g/mol. The van der Waals surface area contributed by atoms with Crippen LogP contribution in [0.2, 0.25) is 17.1 Å². The van der Waals surface area contributed by atoms with Crippen molar-refractivity contribution in [1.82, 2.24) is 0 Å². The molecule has 5 nitrogen and oxygen atoms in total. The Bertz CT molecular complexity index is 826. The van der Waals surface area contributed by atoms with Gasteiger partial charge in [-0.1, -0.05) is 106 Å². The number of benzene rings is 2. The second-order valence-corrected chi connectivity index (χ2v) is 12.6. The van der Waals surface area contributed by atoms with Crippen molar-refractivity contribution < 1.29 is 9.45 Å². The molecule has 0 fully saturated rings. The summed E-state index contributed by atoms with van der Waals surface area (Å²) in [6.45, 7) is 8.29. The van der Waals surface area contributed by atoms with Crippen LogP contribution in [0.3, 0.4) is 0 Å². The third-order valence-corrected chi connectivity index (χ3v) is 10.4. The molecule has 0 aromatic heterocycles. The van der Waals surface area contributed by atoms with E-state index >= 15 is 0 Å². The zero-order valence-corrected chi connectivity index (χ0v) is 18.6. The second kappa shape index (κ2) is 10.7. The standard InChI is InChI=1S/C23H30N2O3Si/c1-19(2)29(20(3)4,17-11-14-21-12-7-5-8-13-21)28-24-23(18-25(26)27)22-15-9-6-10-16-22/h5-16,19-20H,17-18H2,1-4H3/b14-11-,24-23+. The fraction of sp³-hybridized carbons (Fsp3) is 0.348. The highest BCUT2D eigenvalue weighted by Gasteiger charge is 2.44. The molecule has 0 N–H and O–H groups in total. The molecule has 154 valence electrons. The largest absolute Gasteiger partial charge is 0.454 e. The van der Waals surface area contributed by atoms with Gasteiger partial charge in [0.25, 0.3) is 8.32 Å². The van der Waals surface area contributed by atoms with E-state index in [2.05, 4.69) is 57.1 Å². The average molecular weight is 411 g/mol. The van der Waals surface area contributed by atoms with Gasteiger partial charge in [-0.25, -0.2) is 0 Å². The Kier molecular flexibility index (Phi) is 8.33. The molecule has 0 radical (unpaired) electrons. The first-order chi connectivity index (χ1) is 13.8. The van der Waals surface area contributed by atoms with E-state index in [-0.39, 0.29) is 11.5 Å². The number of allylic oxidation sites excluding steroid dienone is 1. The highest BCUT2D eigenvalue weighted by molar-refractivity contribution is 6.76. The van der Waals surface area contributed by atoms with Gasteiger partial charge in [0.05, 0.1) is 0 Å². The second-order valence-electron chi connectivity index (χ2n) is 7.77. The number of oxime groups is 1. The molecule has 0 bridgehead atoms. The number of nitrogens with zero attached hydrogens (tertiary/aromatic N) is 2. The molecular formula is C23H30N2O3Si. The van der Waals surface area contributed by atoms with E-state index in [9.17, 15) is 10.1 Å². The maximum Gasteiger partial charge on any atom is 0.296 e. The molecule has 0 unspecified atom stereocenters. The van der Waals surface area contributed by atoms with Gasteiger partial charge < -0.3 is 4.53 Å². The van der Waals surface area contributed by atoms with Crippen molar-refractivity contribution in [3.8, 4) is 0 Å². The highest BCUT2D eigenvalue weighted by Crippen LogP contribution is 2.38. The molecule has 0 heterocycles. The van der Waals surface area contributed by atoms with E-state index in [1.54, 1.807) is 0 Å². The Labute approximate surface area is 174 Å². The Morgan fingerprint density at radius 1 is 1.03 bits per heavy atom. The first-order valence-electron chi connectivity index (χ1n) is 9.99. The molecule has 0 saturated carbocycles. The number of hydrogen-bond donors (Lipinski definition) is 0. The Morgan fingerprint density at radius 2 is 1.59 bits per heavy atom. The molecule has 2 aromatic rings. The summed E-state index contributed by atoms with van der Waals surface area (Å²) in [4.78, 5) is 10.8. The first-order valence-corrected chi connectivity index (χ1v) is 12.3. The monoisotopic (exact) mass is 410 g/mol. The Hall–Kier alpha value is -2.73. The molecule has 0 aliphatic rings. The van der Waals surface area contributed by atoms with Crippen molar-refractivity contribution in [2.75, 3.05) is 6.54 Å². The average Bonchev–Trinajstić information content (AvgIpc) is 2.70. The topological polar surface area (TPSA) is 64.7 Å². The normalized spacial score (nSPS) is 12.7. The summed E-state index contributed by atoms with van der Waals surface area (Å²) in [6, 6.07) is 20.2. The third kappa shape index (κ3) is 6.39. The van der Waals surface area contributed by atoms with Crippen LogP contribution in [0.1, 0.15) is 38.8 Å². The summed E-state index contributed by atoms with van der Waals surface area (Å²) < 4.78 is 6.28. The van der Waals surface area contributed by atoms with Crippen molar-refractivity contribution in [1.29, 1.82) is 0 Å². The lowest BCUT2D eigenvalue weighted by Crippen LogP contribution is -2.43. The van der Waals surface area contributed by atoms with Crippen LogP contribution in [0.5, 0.6) is 0 Å². The molecule has 0 aliphatic heterocycles. The van der Waals surface area contributed by atoms with Crippen molar-refractivity contribution >= 4 is 20.1 Å².